The molecule has 7 nitrogen and oxygen atoms in total. The molecule has 34 heavy (non-hydrogen) atoms. The average molecular weight is 471 g/mol. The van der Waals surface area contributed by atoms with Crippen LogP contribution in [0.25, 0.3) is 22.0 Å². The summed E-state index contributed by atoms with van der Waals surface area (Å²) in [4.78, 5) is 36.1. The van der Waals surface area contributed by atoms with Crippen molar-refractivity contribution in [3.05, 3.63) is 77.8 Å². The predicted molar refractivity (Wildman–Crippen MR) is 133 cm³/mol. The first-order valence-electron chi connectivity index (χ1n) is 10.9. The number of pyridine rings is 1. The number of nitrogens with zero attached hydrogens (tertiary/aromatic N) is 3. The Labute approximate surface area is 201 Å². The molecular weight excluding hydrogens is 448 g/mol. The Bertz CT molecular complexity index is 1350. The second-order valence-electron chi connectivity index (χ2n) is 7.76. The van der Waals surface area contributed by atoms with Crippen molar-refractivity contribution >= 4 is 34.5 Å². The number of benzene rings is 2. The lowest BCUT2D eigenvalue weighted by Crippen LogP contribution is -2.43. The number of anilines is 2. The number of aromatic nitrogens is 2. The molecule has 0 saturated heterocycles. The van der Waals surface area contributed by atoms with Gasteiger partial charge in [-0.2, -0.15) is 0 Å². The lowest BCUT2D eigenvalue weighted by Gasteiger charge is -2.29. The monoisotopic (exact) mass is 470 g/mol. The molecule has 4 aromatic rings. The highest BCUT2D eigenvalue weighted by Crippen LogP contribution is 2.37. The summed E-state index contributed by atoms with van der Waals surface area (Å²) in [5, 5.41) is 5.70. The van der Waals surface area contributed by atoms with Gasteiger partial charge in [0.1, 0.15) is 17.3 Å². The third-order valence-electron chi connectivity index (χ3n) is 5.56. The zero-order valence-electron chi connectivity index (χ0n) is 18.5. The Morgan fingerprint density at radius 2 is 1.97 bits per heavy atom. The number of hydrogen-bond donors (Lipinski definition) is 1. The van der Waals surface area contributed by atoms with Crippen LogP contribution in [0.2, 0.25) is 0 Å². The van der Waals surface area contributed by atoms with E-state index in [9.17, 15) is 9.59 Å². The first-order chi connectivity index (χ1) is 16.6. The molecule has 1 N–H and O–H groups in total. The van der Waals surface area contributed by atoms with Crippen LogP contribution in [-0.4, -0.2) is 34.9 Å². The molecule has 0 radical (unpaired) electrons. The number of carbonyl (C=O) groups is 2. The van der Waals surface area contributed by atoms with E-state index in [-0.39, 0.29) is 25.0 Å². The minimum absolute atomic E-state index is 0.104. The van der Waals surface area contributed by atoms with Crippen LogP contribution >= 0.6 is 11.3 Å². The number of hydrogen-bond acceptors (Lipinski definition) is 6. The van der Waals surface area contributed by atoms with Crippen molar-refractivity contribution in [3.8, 4) is 27.7 Å². The van der Waals surface area contributed by atoms with Gasteiger partial charge in [0.05, 0.1) is 17.1 Å². The second-order valence-corrected chi connectivity index (χ2v) is 8.62. The number of fused-ring (bicyclic) bond motifs is 1. The van der Waals surface area contributed by atoms with E-state index in [0.717, 1.165) is 39.6 Å². The molecular formula is C26H22N4O3S. The largest absolute Gasteiger partial charge is 0.482 e. The highest BCUT2D eigenvalue weighted by molar-refractivity contribution is 7.13. The van der Waals surface area contributed by atoms with E-state index in [1.54, 1.807) is 6.20 Å². The predicted octanol–water partition coefficient (Wildman–Crippen LogP) is 4.80. The van der Waals surface area contributed by atoms with Gasteiger partial charge < -0.3 is 10.1 Å². The van der Waals surface area contributed by atoms with Crippen LogP contribution in [0.5, 0.6) is 5.75 Å². The fraction of sp³-hybridized carbons (Fsp3) is 0.154. The number of para-hydroxylation sites is 1. The van der Waals surface area contributed by atoms with Gasteiger partial charge in [0.25, 0.3) is 5.91 Å². The van der Waals surface area contributed by atoms with Crippen molar-refractivity contribution in [2.45, 2.75) is 13.3 Å². The topological polar surface area (TPSA) is 84.4 Å². The highest BCUT2D eigenvalue weighted by Gasteiger charge is 2.28. The molecule has 3 heterocycles. The number of rotatable bonds is 6. The number of nitrogens with one attached hydrogen (secondary N) is 1. The minimum Gasteiger partial charge on any atom is -0.482 e. The Hall–Kier alpha value is -4.04. The molecule has 0 atom stereocenters. The van der Waals surface area contributed by atoms with Crippen LogP contribution in [0.1, 0.15) is 12.5 Å². The number of ether oxygens (including phenoxy) is 1. The molecule has 1 aliphatic heterocycles. The van der Waals surface area contributed by atoms with Crippen LogP contribution < -0.4 is 15.0 Å². The lowest BCUT2D eigenvalue weighted by atomic mass is 10.1. The molecule has 0 spiro atoms. The van der Waals surface area contributed by atoms with Crippen molar-refractivity contribution in [2.75, 3.05) is 23.4 Å². The van der Waals surface area contributed by atoms with E-state index >= 15 is 0 Å². The van der Waals surface area contributed by atoms with Crippen LogP contribution in [-0.2, 0) is 16.0 Å². The minimum atomic E-state index is -0.268. The maximum atomic E-state index is 12.9. The summed E-state index contributed by atoms with van der Waals surface area (Å²) in [7, 11) is 0. The number of amides is 2. The average Bonchev–Trinajstić information content (AvgIpc) is 3.37. The molecule has 0 bridgehead atoms. The molecule has 2 aromatic carbocycles. The van der Waals surface area contributed by atoms with Gasteiger partial charge in [0.15, 0.2) is 6.61 Å². The summed E-state index contributed by atoms with van der Waals surface area (Å²) in [5.74, 6) is 0.0277. The zero-order chi connectivity index (χ0) is 23.5. The standard InChI is InChI=1S/C26H22N4O3S/c1-2-17-7-3-4-8-19(17)28-24(31)14-30-22-13-18(10-11-23(22)33-15-25(30)32)21-16-34-26(29-21)20-9-5-6-12-27-20/h3-13,16H,2,14-15H2,1H3,(H,28,31). The quantitative estimate of drug-likeness (QED) is 0.438. The first-order valence-corrected chi connectivity index (χ1v) is 11.8. The summed E-state index contributed by atoms with van der Waals surface area (Å²) < 4.78 is 5.62. The van der Waals surface area contributed by atoms with Crippen LogP contribution in [0, 0.1) is 0 Å². The van der Waals surface area contributed by atoms with E-state index in [0.29, 0.717) is 11.4 Å². The molecule has 0 unspecified atom stereocenters. The molecule has 2 amide bonds. The maximum absolute atomic E-state index is 12.9. The summed E-state index contributed by atoms with van der Waals surface area (Å²) in [5.41, 5.74) is 4.76. The molecule has 5 rings (SSSR count). The van der Waals surface area contributed by atoms with E-state index in [2.05, 4.69) is 10.3 Å². The Morgan fingerprint density at radius 1 is 1.12 bits per heavy atom. The summed E-state index contributed by atoms with van der Waals surface area (Å²) in [6.45, 7) is 1.82. The van der Waals surface area contributed by atoms with Crippen molar-refractivity contribution in [3.63, 3.8) is 0 Å². The number of aryl methyl sites for hydroxylation is 1. The van der Waals surface area contributed by atoms with Crippen molar-refractivity contribution in [1.29, 1.82) is 0 Å². The van der Waals surface area contributed by atoms with Crippen LogP contribution in [0.3, 0.4) is 0 Å². The van der Waals surface area contributed by atoms with Crippen molar-refractivity contribution in [2.24, 2.45) is 0 Å². The second kappa shape index (κ2) is 9.44. The fourth-order valence-electron chi connectivity index (χ4n) is 3.83. The van der Waals surface area contributed by atoms with Gasteiger partial charge in [-0.15, -0.1) is 11.3 Å². The zero-order valence-corrected chi connectivity index (χ0v) is 19.3. The molecule has 0 saturated carbocycles. The highest BCUT2D eigenvalue weighted by atomic mass is 32.1. The van der Waals surface area contributed by atoms with Gasteiger partial charge in [0.2, 0.25) is 5.91 Å². The number of carbonyl (C=O) groups excluding carboxylic acids is 2. The van der Waals surface area contributed by atoms with Crippen LogP contribution in [0.4, 0.5) is 11.4 Å². The van der Waals surface area contributed by atoms with Crippen molar-refractivity contribution < 1.29 is 14.3 Å². The smallest absolute Gasteiger partial charge is 0.265 e. The molecule has 8 heteroatoms. The van der Waals surface area contributed by atoms with Gasteiger partial charge in [-0.1, -0.05) is 31.2 Å². The van der Waals surface area contributed by atoms with E-state index in [1.165, 1.54) is 16.2 Å². The molecule has 170 valence electrons. The molecule has 0 aliphatic carbocycles. The normalized spacial score (nSPS) is 12.7. The maximum Gasteiger partial charge on any atom is 0.265 e. The fourth-order valence-corrected chi connectivity index (χ4v) is 4.64. The lowest BCUT2D eigenvalue weighted by molar-refractivity contribution is -0.123. The van der Waals surface area contributed by atoms with E-state index in [1.807, 2.05) is 73.0 Å². The number of thiazole rings is 1. The Morgan fingerprint density at radius 3 is 2.79 bits per heavy atom. The third-order valence-corrected chi connectivity index (χ3v) is 6.42. The van der Waals surface area contributed by atoms with Crippen molar-refractivity contribution in [1.82, 2.24) is 9.97 Å². The molecule has 0 fully saturated rings. The van der Waals surface area contributed by atoms with Gasteiger partial charge in [0, 0.05) is 22.8 Å². The van der Waals surface area contributed by atoms with Gasteiger partial charge >= 0.3 is 0 Å². The van der Waals surface area contributed by atoms with E-state index < -0.39 is 0 Å². The third kappa shape index (κ3) is 4.40. The summed E-state index contributed by atoms with van der Waals surface area (Å²) in [6.07, 6.45) is 2.54. The van der Waals surface area contributed by atoms with Gasteiger partial charge in [-0.25, -0.2) is 4.98 Å². The SMILES string of the molecule is CCc1ccccc1NC(=O)CN1C(=O)COc2ccc(-c3csc(-c4ccccn4)n3)cc21. The molecule has 1 aliphatic rings. The summed E-state index contributed by atoms with van der Waals surface area (Å²) >= 11 is 1.50. The van der Waals surface area contributed by atoms with E-state index in [4.69, 9.17) is 9.72 Å². The first kappa shape index (κ1) is 21.8. The van der Waals surface area contributed by atoms with Gasteiger partial charge in [-0.05, 0) is 48.4 Å². The van der Waals surface area contributed by atoms with Crippen LogP contribution in [0.15, 0.2) is 72.2 Å². The summed E-state index contributed by atoms with van der Waals surface area (Å²) in [6, 6.07) is 18.9. The molecule has 2 aromatic heterocycles. The van der Waals surface area contributed by atoms with Gasteiger partial charge in [-0.3, -0.25) is 19.5 Å². The Kier molecular flexibility index (Phi) is 6.05. The Balaban J connectivity index is 1.40.